The highest BCUT2D eigenvalue weighted by atomic mass is 32.1. The SMILES string of the molecule is CC1(C)CCC(N)CC1Cc1cccs1. The maximum Gasteiger partial charge on any atom is 0.00481 e. The van der Waals surface area contributed by atoms with Crippen LogP contribution in [0.15, 0.2) is 17.5 Å². The highest BCUT2D eigenvalue weighted by molar-refractivity contribution is 7.09. The van der Waals surface area contributed by atoms with Crippen LogP contribution in [-0.2, 0) is 6.42 Å². The van der Waals surface area contributed by atoms with Crippen molar-refractivity contribution in [2.24, 2.45) is 17.1 Å². The van der Waals surface area contributed by atoms with Crippen LogP contribution in [0.2, 0.25) is 0 Å². The van der Waals surface area contributed by atoms with Gasteiger partial charge >= 0.3 is 0 Å². The van der Waals surface area contributed by atoms with E-state index in [-0.39, 0.29) is 0 Å². The average Bonchev–Trinajstić information content (AvgIpc) is 2.65. The fourth-order valence-electron chi connectivity index (χ4n) is 2.60. The monoisotopic (exact) mass is 223 g/mol. The van der Waals surface area contributed by atoms with Gasteiger partial charge in [0, 0.05) is 10.9 Å². The smallest absolute Gasteiger partial charge is 0.00481 e. The minimum Gasteiger partial charge on any atom is -0.328 e. The molecular formula is C13H21NS. The van der Waals surface area contributed by atoms with E-state index in [1.165, 1.54) is 30.6 Å². The van der Waals surface area contributed by atoms with Crippen LogP contribution in [-0.4, -0.2) is 6.04 Å². The van der Waals surface area contributed by atoms with E-state index >= 15 is 0 Å². The van der Waals surface area contributed by atoms with Crippen LogP contribution >= 0.6 is 11.3 Å². The van der Waals surface area contributed by atoms with Gasteiger partial charge in [-0.3, -0.25) is 0 Å². The maximum absolute atomic E-state index is 6.08. The molecule has 0 spiro atoms. The van der Waals surface area contributed by atoms with Gasteiger partial charge in [-0.2, -0.15) is 0 Å². The fraction of sp³-hybridized carbons (Fsp3) is 0.692. The Morgan fingerprint density at radius 2 is 2.33 bits per heavy atom. The molecule has 1 aliphatic rings. The van der Waals surface area contributed by atoms with Crippen molar-refractivity contribution in [2.45, 2.75) is 45.6 Å². The van der Waals surface area contributed by atoms with Gasteiger partial charge < -0.3 is 5.73 Å². The molecule has 2 atom stereocenters. The third-order valence-corrected chi connectivity index (χ3v) is 4.78. The predicted molar refractivity (Wildman–Crippen MR) is 67.1 cm³/mol. The molecule has 0 radical (unpaired) electrons. The molecule has 2 unspecified atom stereocenters. The zero-order chi connectivity index (χ0) is 10.9. The van der Waals surface area contributed by atoms with E-state index in [1.807, 2.05) is 11.3 Å². The third-order valence-electron chi connectivity index (χ3n) is 3.88. The third kappa shape index (κ3) is 2.61. The number of thiophene rings is 1. The number of hydrogen-bond donors (Lipinski definition) is 1. The van der Waals surface area contributed by atoms with Crippen molar-refractivity contribution in [3.8, 4) is 0 Å². The molecule has 1 fully saturated rings. The Balaban J connectivity index is 2.05. The Bertz CT molecular complexity index is 302. The van der Waals surface area contributed by atoms with Crippen molar-refractivity contribution in [1.29, 1.82) is 0 Å². The van der Waals surface area contributed by atoms with Crippen molar-refractivity contribution >= 4 is 11.3 Å². The molecule has 0 aliphatic heterocycles. The lowest BCUT2D eigenvalue weighted by Crippen LogP contribution is -2.39. The summed E-state index contributed by atoms with van der Waals surface area (Å²) >= 11 is 1.88. The fourth-order valence-corrected chi connectivity index (χ4v) is 3.38. The lowest BCUT2D eigenvalue weighted by molar-refractivity contribution is 0.124. The molecule has 1 saturated carbocycles. The molecule has 2 N–H and O–H groups in total. The molecule has 1 aromatic rings. The van der Waals surface area contributed by atoms with E-state index in [4.69, 9.17) is 5.73 Å². The lowest BCUT2D eigenvalue weighted by Gasteiger charge is -2.41. The summed E-state index contributed by atoms with van der Waals surface area (Å²) in [6.45, 7) is 4.80. The highest BCUT2D eigenvalue weighted by Gasteiger charge is 2.35. The summed E-state index contributed by atoms with van der Waals surface area (Å²) in [5.41, 5.74) is 6.55. The summed E-state index contributed by atoms with van der Waals surface area (Å²) < 4.78 is 0. The Hall–Kier alpha value is -0.340. The normalized spacial score (nSPS) is 30.3. The quantitative estimate of drug-likeness (QED) is 0.816. The molecule has 1 nitrogen and oxygen atoms in total. The molecule has 1 heterocycles. The van der Waals surface area contributed by atoms with Crippen molar-refractivity contribution in [3.63, 3.8) is 0 Å². The first-order chi connectivity index (χ1) is 7.08. The summed E-state index contributed by atoms with van der Waals surface area (Å²) in [6, 6.07) is 4.83. The molecule has 0 saturated heterocycles. The van der Waals surface area contributed by atoms with Gasteiger partial charge in [0.2, 0.25) is 0 Å². The van der Waals surface area contributed by atoms with Crippen LogP contribution < -0.4 is 5.73 Å². The summed E-state index contributed by atoms with van der Waals surface area (Å²) in [5.74, 6) is 0.764. The standard InChI is InChI=1S/C13H21NS/c1-13(2)6-5-11(14)8-10(13)9-12-4-3-7-15-12/h3-4,7,10-11H,5-6,8-9,14H2,1-2H3. The Labute approximate surface area is 96.7 Å². The van der Waals surface area contributed by atoms with Gasteiger partial charge in [-0.1, -0.05) is 19.9 Å². The van der Waals surface area contributed by atoms with Crippen molar-refractivity contribution in [2.75, 3.05) is 0 Å². The van der Waals surface area contributed by atoms with Gasteiger partial charge in [0.1, 0.15) is 0 Å². The molecular weight excluding hydrogens is 202 g/mol. The molecule has 0 aromatic carbocycles. The van der Waals surface area contributed by atoms with Crippen LogP contribution in [0.25, 0.3) is 0 Å². The van der Waals surface area contributed by atoms with Gasteiger partial charge in [-0.05, 0) is 48.5 Å². The van der Waals surface area contributed by atoms with Crippen molar-refractivity contribution in [3.05, 3.63) is 22.4 Å². The van der Waals surface area contributed by atoms with E-state index < -0.39 is 0 Å². The summed E-state index contributed by atoms with van der Waals surface area (Å²) in [5, 5.41) is 2.17. The summed E-state index contributed by atoms with van der Waals surface area (Å²) in [4.78, 5) is 1.52. The molecule has 2 rings (SSSR count). The molecule has 15 heavy (non-hydrogen) atoms. The van der Waals surface area contributed by atoms with Gasteiger partial charge in [0.25, 0.3) is 0 Å². The Kier molecular flexibility index (Phi) is 3.17. The number of hydrogen-bond acceptors (Lipinski definition) is 2. The van der Waals surface area contributed by atoms with Crippen LogP contribution in [0, 0.1) is 11.3 Å². The highest BCUT2D eigenvalue weighted by Crippen LogP contribution is 2.42. The van der Waals surface area contributed by atoms with Crippen LogP contribution in [0.3, 0.4) is 0 Å². The number of nitrogens with two attached hydrogens (primary N) is 1. The second-order valence-electron chi connectivity index (χ2n) is 5.50. The lowest BCUT2D eigenvalue weighted by atomic mass is 9.66. The van der Waals surface area contributed by atoms with Crippen molar-refractivity contribution in [1.82, 2.24) is 0 Å². The molecule has 2 heteroatoms. The largest absolute Gasteiger partial charge is 0.328 e. The zero-order valence-corrected chi connectivity index (χ0v) is 10.5. The van der Waals surface area contributed by atoms with E-state index in [2.05, 4.69) is 31.4 Å². The summed E-state index contributed by atoms with van der Waals surface area (Å²) in [7, 11) is 0. The van der Waals surface area contributed by atoms with Crippen LogP contribution in [0.1, 0.15) is 38.0 Å². The molecule has 0 bridgehead atoms. The Morgan fingerprint density at radius 3 is 3.00 bits per heavy atom. The average molecular weight is 223 g/mol. The first kappa shape index (κ1) is 11.2. The first-order valence-electron chi connectivity index (χ1n) is 5.86. The van der Waals surface area contributed by atoms with E-state index in [0.717, 1.165) is 5.92 Å². The first-order valence-corrected chi connectivity index (χ1v) is 6.74. The molecule has 1 aromatic heterocycles. The van der Waals surface area contributed by atoms with Gasteiger partial charge in [-0.15, -0.1) is 11.3 Å². The summed E-state index contributed by atoms with van der Waals surface area (Å²) in [6.07, 6.45) is 4.90. The maximum atomic E-state index is 6.08. The van der Waals surface area contributed by atoms with Gasteiger partial charge in [0.05, 0.1) is 0 Å². The van der Waals surface area contributed by atoms with Crippen LogP contribution in [0.5, 0.6) is 0 Å². The minimum atomic E-state index is 0.433. The van der Waals surface area contributed by atoms with Crippen molar-refractivity contribution < 1.29 is 0 Å². The second kappa shape index (κ2) is 4.26. The Morgan fingerprint density at radius 1 is 1.53 bits per heavy atom. The number of rotatable bonds is 2. The molecule has 84 valence electrons. The van der Waals surface area contributed by atoms with E-state index in [0.29, 0.717) is 11.5 Å². The predicted octanol–water partition coefficient (Wildman–Crippen LogP) is 3.44. The topological polar surface area (TPSA) is 26.0 Å². The van der Waals surface area contributed by atoms with E-state index in [1.54, 1.807) is 0 Å². The zero-order valence-electron chi connectivity index (χ0n) is 9.70. The van der Waals surface area contributed by atoms with Crippen LogP contribution in [0.4, 0.5) is 0 Å². The minimum absolute atomic E-state index is 0.433. The molecule has 0 amide bonds. The van der Waals surface area contributed by atoms with E-state index in [9.17, 15) is 0 Å². The van der Waals surface area contributed by atoms with Gasteiger partial charge in [-0.25, -0.2) is 0 Å². The molecule has 1 aliphatic carbocycles. The van der Waals surface area contributed by atoms with Gasteiger partial charge in [0.15, 0.2) is 0 Å². The second-order valence-corrected chi connectivity index (χ2v) is 6.54.